The summed E-state index contributed by atoms with van der Waals surface area (Å²) >= 11 is 0. The number of benzene rings is 5. The Bertz CT molecular complexity index is 2150. The lowest BCUT2D eigenvalue weighted by Crippen LogP contribution is -2.24. The van der Waals surface area contributed by atoms with Gasteiger partial charge in [0.2, 0.25) is 0 Å². The van der Waals surface area contributed by atoms with E-state index in [9.17, 15) is 19.2 Å². The number of fused-ring (bicyclic) bond motifs is 2. The number of rotatable bonds is 6. The van der Waals surface area contributed by atoms with E-state index in [4.69, 9.17) is 20.9 Å². The fourth-order valence-corrected chi connectivity index (χ4v) is 5.28. The molecule has 0 atom stereocenters. The summed E-state index contributed by atoms with van der Waals surface area (Å²) in [7, 11) is 0. The minimum absolute atomic E-state index is 0.208. The number of nitrogens with two attached hydrogens (primary N) is 2. The maximum absolute atomic E-state index is 14.2. The third-order valence-electron chi connectivity index (χ3n) is 7.30. The van der Waals surface area contributed by atoms with E-state index in [0.29, 0.717) is 11.4 Å². The van der Waals surface area contributed by atoms with E-state index >= 15 is 0 Å². The van der Waals surface area contributed by atoms with Crippen LogP contribution in [0.3, 0.4) is 0 Å². The molecule has 214 valence electrons. The number of aromatic nitrogens is 2. The van der Waals surface area contributed by atoms with E-state index in [0.717, 1.165) is 9.13 Å². The summed E-state index contributed by atoms with van der Waals surface area (Å²) in [4.78, 5) is 56.8. The van der Waals surface area contributed by atoms with Crippen LogP contribution in [0.2, 0.25) is 0 Å². The van der Waals surface area contributed by atoms with Crippen LogP contribution in [-0.2, 0) is 0 Å². The topological polar surface area (TPSA) is 149 Å². The van der Waals surface area contributed by atoms with Crippen LogP contribution in [0.25, 0.3) is 32.9 Å². The second-order valence-electron chi connectivity index (χ2n) is 10.1. The molecule has 0 aliphatic rings. The molecule has 7 rings (SSSR count). The molecule has 0 radical (unpaired) electrons. The summed E-state index contributed by atoms with van der Waals surface area (Å²) in [6, 6.07) is 29.2. The van der Waals surface area contributed by atoms with Crippen molar-refractivity contribution in [2.75, 3.05) is 11.5 Å². The SMILES string of the molecule is Nc1ccc(-n2c(=O)c3c(Oc4ccccc4)c4c(=O)n(-c5ccc(N)cc5)c(=O)c4c(Oc4ccccc4)c3c2=O)cc1. The van der Waals surface area contributed by atoms with Gasteiger partial charge in [0.1, 0.15) is 33.0 Å². The van der Waals surface area contributed by atoms with Crippen LogP contribution in [-0.4, -0.2) is 9.13 Å². The second-order valence-corrected chi connectivity index (χ2v) is 10.1. The summed E-state index contributed by atoms with van der Waals surface area (Å²) in [5.74, 6) is 0.111. The van der Waals surface area contributed by atoms with Crippen LogP contribution in [0, 0.1) is 0 Å². The van der Waals surface area contributed by atoms with Crippen molar-refractivity contribution in [1.82, 2.24) is 9.13 Å². The van der Waals surface area contributed by atoms with Crippen molar-refractivity contribution < 1.29 is 9.47 Å². The van der Waals surface area contributed by atoms with Crippen LogP contribution in [0.5, 0.6) is 23.0 Å². The molecule has 5 aromatic carbocycles. The van der Waals surface area contributed by atoms with Gasteiger partial charge in [-0.3, -0.25) is 19.2 Å². The minimum atomic E-state index is -0.757. The molecule has 0 aliphatic heterocycles. The smallest absolute Gasteiger partial charge is 0.270 e. The molecular weight excluding hydrogens is 560 g/mol. The van der Waals surface area contributed by atoms with Crippen LogP contribution in [0.15, 0.2) is 128 Å². The average molecular weight is 583 g/mol. The molecule has 4 N–H and O–H groups in total. The molecule has 0 unspecified atom stereocenters. The maximum Gasteiger partial charge on any atom is 0.270 e. The summed E-state index contributed by atoms with van der Waals surface area (Å²) < 4.78 is 14.3. The number of nitrogens with zero attached hydrogens (tertiary/aromatic N) is 2. The highest BCUT2D eigenvalue weighted by molar-refractivity contribution is 6.11. The Morgan fingerprint density at radius 2 is 0.705 bits per heavy atom. The second kappa shape index (κ2) is 10.1. The van der Waals surface area contributed by atoms with E-state index < -0.39 is 22.2 Å². The van der Waals surface area contributed by atoms with Crippen LogP contribution >= 0.6 is 0 Å². The summed E-state index contributed by atoms with van der Waals surface area (Å²) in [5.41, 5.74) is 10.0. The molecule has 0 spiro atoms. The van der Waals surface area contributed by atoms with Crippen LogP contribution in [0.1, 0.15) is 0 Å². The third kappa shape index (κ3) is 4.12. The Balaban J connectivity index is 1.68. The lowest BCUT2D eigenvalue weighted by atomic mass is 10.1. The van der Waals surface area contributed by atoms with Gasteiger partial charge < -0.3 is 20.9 Å². The predicted molar refractivity (Wildman–Crippen MR) is 169 cm³/mol. The van der Waals surface area contributed by atoms with Crippen molar-refractivity contribution in [3.05, 3.63) is 151 Å². The highest BCUT2D eigenvalue weighted by atomic mass is 16.5. The lowest BCUT2D eigenvalue weighted by molar-refractivity contribution is 0.485. The first-order chi connectivity index (χ1) is 21.3. The third-order valence-corrected chi connectivity index (χ3v) is 7.30. The first kappa shape index (κ1) is 26.5. The molecule has 10 nitrogen and oxygen atoms in total. The zero-order valence-corrected chi connectivity index (χ0v) is 22.9. The van der Waals surface area contributed by atoms with Gasteiger partial charge in [-0.05, 0) is 72.8 Å². The molecular formula is C34H22N4O6. The molecule has 7 aromatic rings. The van der Waals surface area contributed by atoms with Crippen LogP contribution in [0.4, 0.5) is 11.4 Å². The Labute approximate surface area is 247 Å². The molecule has 0 saturated heterocycles. The van der Waals surface area contributed by atoms with Crippen molar-refractivity contribution in [3.63, 3.8) is 0 Å². The zero-order chi connectivity index (χ0) is 30.5. The number of para-hydroxylation sites is 2. The fraction of sp³-hybridized carbons (Fsp3) is 0. The monoisotopic (exact) mass is 582 g/mol. The van der Waals surface area contributed by atoms with Gasteiger partial charge >= 0.3 is 0 Å². The molecule has 44 heavy (non-hydrogen) atoms. The number of anilines is 2. The zero-order valence-electron chi connectivity index (χ0n) is 22.9. The van der Waals surface area contributed by atoms with Gasteiger partial charge in [0.15, 0.2) is 11.5 Å². The van der Waals surface area contributed by atoms with Gasteiger partial charge in [-0.1, -0.05) is 36.4 Å². The highest BCUT2D eigenvalue weighted by Crippen LogP contribution is 2.42. The normalized spacial score (nSPS) is 11.3. The summed E-state index contributed by atoms with van der Waals surface area (Å²) in [5, 5.41) is -0.831. The first-order valence-corrected chi connectivity index (χ1v) is 13.5. The number of nitrogen functional groups attached to an aromatic ring is 2. The van der Waals surface area contributed by atoms with Crippen molar-refractivity contribution in [2.24, 2.45) is 0 Å². The van der Waals surface area contributed by atoms with Crippen molar-refractivity contribution in [3.8, 4) is 34.4 Å². The molecule has 0 bridgehead atoms. The predicted octanol–water partition coefficient (Wildman–Crippen LogP) is 4.64. The molecule has 2 aromatic heterocycles. The Kier molecular flexibility index (Phi) is 6.10. The fourth-order valence-electron chi connectivity index (χ4n) is 5.28. The van der Waals surface area contributed by atoms with Gasteiger partial charge in [-0.25, -0.2) is 9.13 Å². The van der Waals surface area contributed by atoms with Gasteiger partial charge in [0, 0.05) is 11.4 Å². The quantitative estimate of drug-likeness (QED) is 0.270. The van der Waals surface area contributed by atoms with Gasteiger partial charge in [0.05, 0.1) is 11.4 Å². The van der Waals surface area contributed by atoms with Crippen molar-refractivity contribution >= 4 is 32.9 Å². The van der Waals surface area contributed by atoms with E-state index in [1.165, 1.54) is 24.3 Å². The average Bonchev–Trinajstić information content (AvgIpc) is 3.45. The summed E-state index contributed by atoms with van der Waals surface area (Å²) in [6.45, 7) is 0. The minimum Gasteiger partial charge on any atom is -0.456 e. The number of hydrogen-bond acceptors (Lipinski definition) is 8. The van der Waals surface area contributed by atoms with Crippen LogP contribution < -0.4 is 43.2 Å². The van der Waals surface area contributed by atoms with Gasteiger partial charge in [0.25, 0.3) is 22.2 Å². The first-order valence-electron chi connectivity index (χ1n) is 13.5. The highest BCUT2D eigenvalue weighted by Gasteiger charge is 2.32. The number of ether oxygens (including phenoxy) is 2. The van der Waals surface area contributed by atoms with E-state index in [2.05, 4.69) is 0 Å². The molecule has 2 heterocycles. The Morgan fingerprint density at radius 1 is 0.409 bits per heavy atom. The largest absolute Gasteiger partial charge is 0.456 e. The summed E-state index contributed by atoms with van der Waals surface area (Å²) in [6.07, 6.45) is 0. The van der Waals surface area contributed by atoms with Gasteiger partial charge in [-0.15, -0.1) is 0 Å². The van der Waals surface area contributed by atoms with Crippen molar-refractivity contribution in [2.45, 2.75) is 0 Å². The molecule has 0 saturated carbocycles. The molecule has 0 aliphatic carbocycles. The van der Waals surface area contributed by atoms with E-state index in [1.807, 2.05) is 0 Å². The molecule has 10 heteroatoms. The molecule has 0 amide bonds. The van der Waals surface area contributed by atoms with Gasteiger partial charge in [-0.2, -0.15) is 0 Å². The van der Waals surface area contributed by atoms with E-state index in [1.54, 1.807) is 84.9 Å². The lowest BCUT2D eigenvalue weighted by Gasteiger charge is -2.12. The molecule has 0 fully saturated rings. The van der Waals surface area contributed by atoms with Crippen molar-refractivity contribution in [1.29, 1.82) is 0 Å². The Hall–Kier alpha value is -6.42. The Morgan fingerprint density at radius 3 is 1.00 bits per heavy atom. The maximum atomic E-state index is 14.2. The standard InChI is InChI=1S/C34H22N4O6/c35-19-11-15-21(16-12-19)37-31(39)25-27(33(37)41)30(44-24-9-5-2-6-10-24)28-26(29(25)43-23-7-3-1-4-8-23)32(40)38(34(28)42)22-17-13-20(36)14-18-22/h1-18H,35-36H2. The number of hydrogen-bond donors (Lipinski definition) is 2. The van der Waals surface area contributed by atoms with E-state index in [-0.39, 0.29) is 55.9 Å².